The molecule has 1 atom stereocenters. The van der Waals surface area contributed by atoms with Gasteiger partial charge in [0.05, 0.1) is 12.6 Å². The minimum Gasteiger partial charge on any atom is -0.480 e. The number of carbonyl (C=O) groups excluding carboxylic acids is 1. The van der Waals surface area contributed by atoms with Gasteiger partial charge < -0.3 is 20.3 Å². The van der Waals surface area contributed by atoms with Crippen molar-refractivity contribution in [1.29, 1.82) is 0 Å². The Morgan fingerprint density at radius 1 is 1.43 bits per heavy atom. The number of ether oxygens (including phenoxy) is 1. The second kappa shape index (κ2) is 7.28. The third-order valence-corrected chi connectivity index (χ3v) is 1.54. The van der Waals surface area contributed by atoms with Crippen LogP contribution in [0.1, 0.15) is 13.3 Å². The third-order valence-electron chi connectivity index (χ3n) is 1.54. The highest BCUT2D eigenvalue weighted by molar-refractivity contribution is 5.78. The van der Waals surface area contributed by atoms with E-state index >= 15 is 0 Å². The molecule has 6 nitrogen and oxygen atoms in total. The lowest BCUT2D eigenvalue weighted by atomic mass is 10.2. The molecular weight excluding hydrogens is 190 g/mol. The molecular formula is C8H15NO5. The topological polar surface area (TPSA) is 95.9 Å². The van der Waals surface area contributed by atoms with Crippen molar-refractivity contribution in [3.05, 3.63) is 0 Å². The maximum Gasteiger partial charge on any atom is 0.329 e. The van der Waals surface area contributed by atoms with Gasteiger partial charge in [-0.15, -0.1) is 0 Å². The summed E-state index contributed by atoms with van der Waals surface area (Å²) in [5.41, 5.74) is 0. The summed E-state index contributed by atoms with van der Waals surface area (Å²) < 4.78 is 4.55. The molecule has 0 fully saturated rings. The Kier molecular flexibility index (Phi) is 6.69. The van der Waals surface area contributed by atoms with Gasteiger partial charge in [-0.25, -0.2) is 4.79 Å². The number of rotatable bonds is 7. The number of nitrogens with one attached hydrogen (secondary N) is 1. The molecule has 0 aromatic rings. The summed E-state index contributed by atoms with van der Waals surface area (Å²) in [5.74, 6) is -1.54. The van der Waals surface area contributed by atoms with Gasteiger partial charge in [0, 0.05) is 0 Å². The molecule has 0 aromatic carbocycles. The fourth-order valence-corrected chi connectivity index (χ4v) is 0.777. The van der Waals surface area contributed by atoms with Gasteiger partial charge >= 0.3 is 5.97 Å². The molecule has 6 heteroatoms. The van der Waals surface area contributed by atoms with Gasteiger partial charge in [0.25, 0.3) is 0 Å². The molecule has 82 valence electrons. The van der Waals surface area contributed by atoms with Crippen LogP contribution in [0.3, 0.4) is 0 Å². The first-order valence-corrected chi connectivity index (χ1v) is 4.29. The van der Waals surface area contributed by atoms with Crippen LogP contribution >= 0.6 is 0 Å². The van der Waals surface area contributed by atoms with E-state index in [4.69, 9.17) is 10.2 Å². The summed E-state index contributed by atoms with van der Waals surface area (Å²) in [5, 5.41) is 19.4. The van der Waals surface area contributed by atoms with E-state index in [-0.39, 0.29) is 19.3 Å². The summed E-state index contributed by atoms with van der Waals surface area (Å²) >= 11 is 0. The molecule has 0 unspecified atom stereocenters. The molecule has 0 heterocycles. The van der Waals surface area contributed by atoms with E-state index in [0.29, 0.717) is 6.42 Å². The number of hydrogen-bond donors (Lipinski definition) is 3. The number of aliphatic hydroxyl groups excluding tert-OH is 1. The van der Waals surface area contributed by atoms with E-state index in [9.17, 15) is 9.59 Å². The Hall–Kier alpha value is -1.14. The molecule has 3 N–H and O–H groups in total. The zero-order valence-electron chi connectivity index (χ0n) is 8.02. The lowest BCUT2D eigenvalue weighted by Crippen LogP contribution is -2.39. The zero-order valence-corrected chi connectivity index (χ0v) is 8.02. The first-order chi connectivity index (χ1) is 6.60. The molecule has 0 spiro atoms. The standard InChI is InChI=1S/C8H15NO5/c1-2-6(3-10)9-7(11)4-14-5-8(12)13/h6,10H,2-5H2,1H3,(H,9,11)(H,12,13)/t6-/m1/s1. The minimum atomic E-state index is -1.12. The van der Waals surface area contributed by atoms with E-state index in [1.165, 1.54) is 0 Å². The fraction of sp³-hybridized carbons (Fsp3) is 0.750. The number of aliphatic hydroxyl groups is 1. The first-order valence-electron chi connectivity index (χ1n) is 4.29. The highest BCUT2D eigenvalue weighted by atomic mass is 16.5. The van der Waals surface area contributed by atoms with E-state index in [1.54, 1.807) is 0 Å². The van der Waals surface area contributed by atoms with Crippen LogP contribution in [-0.2, 0) is 14.3 Å². The highest BCUT2D eigenvalue weighted by Crippen LogP contribution is 1.88. The number of aliphatic carboxylic acids is 1. The smallest absolute Gasteiger partial charge is 0.329 e. The molecule has 0 aliphatic heterocycles. The van der Waals surface area contributed by atoms with Gasteiger partial charge in [-0.1, -0.05) is 6.92 Å². The van der Waals surface area contributed by atoms with Crippen LogP contribution in [-0.4, -0.2) is 48.0 Å². The second-order valence-corrected chi connectivity index (χ2v) is 2.74. The van der Waals surface area contributed by atoms with Crippen LogP contribution in [0.5, 0.6) is 0 Å². The van der Waals surface area contributed by atoms with E-state index in [1.807, 2.05) is 6.92 Å². The average molecular weight is 205 g/mol. The molecule has 0 bridgehead atoms. The Morgan fingerprint density at radius 3 is 2.50 bits per heavy atom. The Balaban J connectivity index is 3.59. The Bertz CT molecular complexity index is 190. The lowest BCUT2D eigenvalue weighted by molar-refractivity contribution is -0.143. The molecule has 0 rings (SSSR count). The van der Waals surface area contributed by atoms with E-state index in [2.05, 4.69) is 10.1 Å². The van der Waals surface area contributed by atoms with E-state index in [0.717, 1.165) is 0 Å². The van der Waals surface area contributed by atoms with Crippen LogP contribution < -0.4 is 5.32 Å². The van der Waals surface area contributed by atoms with Gasteiger partial charge in [0.2, 0.25) is 5.91 Å². The average Bonchev–Trinajstić information content (AvgIpc) is 2.13. The van der Waals surface area contributed by atoms with Gasteiger partial charge in [-0.05, 0) is 6.42 Å². The number of hydrogen-bond acceptors (Lipinski definition) is 4. The molecule has 0 aliphatic carbocycles. The summed E-state index contributed by atoms with van der Waals surface area (Å²) in [6.07, 6.45) is 0.612. The second-order valence-electron chi connectivity index (χ2n) is 2.74. The van der Waals surface area contributed by atoms with Gasteiger partial charge in [0.15, 0.2) is 0 Å². The van der Waals surface area contributed by atoms with Crippen molar-refractivity contribution in [2.24, 2.45) is 0 Å². The van der Waals surface area contributed by atoms with Crippen molar-refractivity contribution >= 4 is 11.9 Å². The predicted molar refractivity (Wildman–Crippen MR) is 47.8 cm³/mol. The monoisotopic (exact) mass is 205 g/mol. The van der Waals surface area contributed by atoms with Crippen molar-refractivity contribution in [1.82, 2.24) is 5.32 Å². The minimum absolute atomic E-state index is 0.138. The molecule has 1 amide bonds. The number of carbonyl (C=O) groups is 2. The molecule has 14 heavy (non-hydrogen) atoms. The van der Waals surface area contributed by atoms with Crippen LogP contribution in [0, 0.1) is 0 Å². The van der Waals surface area contributed by atoms with Crippen LogP contribution in [0.25, 0.3) is 0 Å². The van der Waals surface area contributed by atoms with Gasteiger partial charge in [-0.3, -0.25) is 4.79 Å². The number of amides is 1. The lowest BCUT2D eigenvalue weighted by Gasteiger charge is -2.13. The van der Waals surface area contributed by atoms with Crippen molar-refractivity contribution in [3.63, 3.8) is 0 Å². The number of carboxylic acid groups (broad SMARTS) is 1. The predicted octanol–water partition coefficient (Wildman–Crippen LogP) is -1.03. The Labute approximate surface area is 81.9 Å². The third kappa shape index (κ3) is 6.38. The molecule has 0 saturated heterocycles. The highest BCUT2D eigenvalue weighted by Gasteiger charge is 2.09. The van der Waals surface area contributed by atoms with Crippen LogP contribution in [0.15, 0.2) is 0 Å². The van der Waals surface area contributed by atoms with Crippen LogP contribution in [0.4, 0.5) is 0 Å². The zero-order chi connectivity index (χ0) is 11.0. The maximum atomic E-state index is 11.0. The van der Waals surface area contributed by atoms with Crippen molar-refractivity contribution < 1.29 is 24.5 Å². The van der Waals surface area contributed by atoms with Crippen molar-refractivity contribution in [3.8, 4) is 0 Å². The first kappa shape index (κ1) is 12.9. The molecule has 0 saturated carbocycles. The fourth-order valence-electron chi connectivity index (χ4n) is 0.777. The van der Waals surface area contributed by atoms with Gasteiger partial charge in [-0.2, -0.15) is 0 Å². The Morgan fingerprint density at radius 2 is 2.07 bits per heavy atom. The summed E-state index contributed by atoms with van der Waals surface area (Å²) in [4.78, 5) is 21.0. The maximum absolute atomic E-state index is 11.0. The van der Waals surface area contributed by atoms with E-state index < -0.39 is 18.5 Å². The molecule has 0 radical (unpaired) electrons. The van der Waals surface area contributed by atoms with Gasteiger partial charge in [0.1, 0.15) is 13.2 Å². The van der Waals surface area contributed by atoms with Crippen LogP contribution in [0.2, 0.25) is 0 Å². The van der Waals surface area contributed by atoms with Crippen molar-refractivity contribution in [2.45, 2.75) is 19.4 Å². The summed E-state index contributed by atoms with van der Waals surface area (Å²) in [7, 11) is 0. The quantitative estimate of drug-likeness (QED) is 0.494. The SMILES string of the molecule is CC[C@H](CO)NC(=O)COCC(=O)O. The molecule has 0 aromatic heterocycles. The van der Waals surface area contributed by atoms with Crippen molar-refractivity contribution in [2.75, 3.05) is 19.8 Å². The summed E-state index contributed by atoms with van der Waals surface area (Å²) in [6.45, 7) is 0.882. The normalized spacial score (nSPS) is 12.1. The summed E-state index contributed by atoms with van der Waals surface area (Å²) in [6, 6.07) is -0.295. The molecule has 0 aliphatic rings. The largest absolute Gasteiger partial charge is 0.480 e. The number of carboxylic acids is 1.